The van der Waals surface area contributed by atoms with Gasteiger partial charge in [0.2, 0.25) is 5.91 Å². The Morgan fingerprint density at radius 3 is 2.67 bits per heavy atom. The smallest absolute Gasteiger partial charge is 0.238 e. The fraction of sp³-hybridized carbons (Fsp3) is 0.211. The fourth-order valence-corrected chi connectivity index (χ4v) is 2.76. The zero-order valence-corrected chi connectivity index (χ0v) is 13.2. The minimum Gasteiger partial charge on any atom is -0.508 e. The van der Waals surface area contributed by atoms with Crippen LogP contribution < -0.4 is 5.32 Å². The third-order valence-electron chi connectivity index (χ3n) is 4.01. The van der Waals surface area contributed by atoms with Crippen LogP contribution in [0.2, 0.25) is 0 Å². The van der Waals surface area contributed by atoms with E-state index in [-0.39, 0.29) is 24.0 Å². The van der Waals surface area contributed by atoms with Crippen LogP contribution in [-0.4, -0.2) is 35.5 Å². The first-order valence-corrected chi connectivity index (χ1v) is 7.86. The molecule has 1 amide bonds. The van der Waals surface area contributed by atoms with E-state index in [9.17, 15) is 14.3 Å². The van der Waals surface area contributed by atoms with Gasteiger partial charge in [-0.25, -0.2) is 4.39 Å². The molecule has 0 aromatic heterocycles. The average molecular weight is 326 g/mol. The van der Waals surface area contributed by atoms with E-state index in [1.807, 2.05) is 17.0 Å². The van der Waals surface area contributed by atoms with Crippen LogP contribution in [0.4, 0.5) is 10.1 Å². The highest BCUT2D eigenvalue weighted by atomic mass is 19.1. The van der Waals surface area contributed by atoms with Crippen molar-refractivity contribution < 1.29 is 14.3 Å². The van der Waals surface area contributed by atoms with Gasteiger partial charge in [0.15, 0.2) is 0 Å². The van der Waals surface area contributed by atoms with Crippen molar-refractivity contribution in [1.29, 1.82) is 0 Å². The molecular formula is C19H19FN2O2. The molecule has 124 valence electrons. The minimum atomic E-state index is -0.368. The predicted octanol–water partition coefficient (Wildman–Crippen LogP) is 3.26. The van der Waals surface area contributed by atoms with Gasteiger partial charge < -0.3 is 10.4 Å². The lowest BCUT2D eigenvalue weighted by Crippen LogP contribution is -2.36. The summed E-state index contributed by atoms with van der Waals surface area (Å²) >= 11 is 0. The van der Waals surface area contributed by atoms with E-state index in [2.05, 4.69) is 11.4 Å². The van der Waals surface area contributed by atoms with Crippen molar-refractivity contribution >= 4 is 17.2 Å². The number of aromatic hydroxyl groups is 1. The van der Waals surface area contributed by atoms with Crippen molar-refractivity contribution in [2.24, 2.45) is 0 Å². The molecule has 5 heteroatoms. The molecule has 1 aliphatic heterocycles. The molecule has 0 aliphatic carbocycles. The van der Waals surface area contributed by atoms with Crippen LogP contribution in [0.5, 0.6) is 5.75 Å². The Labute approximate surface area is 140 Å². The molecule has 1 aliphatic rings. The number of phenols is 1. The maximum atomic E-state index is 13.1. The summed E-state index contributed by atoms with van der Waals surface area (Å²) in [7, 11) is 0. The molecule has 2 N–H and O–H groups in total. The van der Waals surface area contributed by atoms with Gasteiger partial charge in [0.1, 0.15) is 11.6 Å². The first-order valence-electron chi connectivity index (χ1n) is 7.86. The molecule has 0 bridgehead atoms. The molecule has 2 aromatic carbocycles. The summed E-state index contributed by atoms with van der Waals surface area (Å²) < 4.78 is 13.1. The summed E-state index contributed by atoms with van der Waals surface area (Å²) in [6.07, 6.45) is 2.95. The van der Waals surface area contributed by atoms with Gasteiger partial charge in [-0.3, -0.25) is 9.69 Å². The first kappa shape index (κ1) is 16.2. The Morgan fingerprint density at radius 1 is 1.21 bits per heavy atom. The van der Waals surface area contributed by atoms with Crippen molar-refractivity contribution in [3.8, 4) is 5.75 Å². The normalized spacial score (nSPS) is 15.0. The largest absolute Gasteiger partial charge is 0.508 e. The molecule has 1 heterocycles. The van der Waals surface area contributed by atoms with Gasteiger partial charge in [-0.15, -0.1) is 0 Å². The highest BCUT2D eigenvalue weighted by Crippen LogP contribution is 2.23. The van der Waals surface area contributed by atoms with Gasteiger partial charge >= 0.3 is 0 Å². The van der Waals surface area contributed by atoms with Crippen molar-refractivity contribution in [2.45, 2.75) is 6.42 Å². The van der Waals surface area contributed by atoms with Gasteiger partial charge in [0, 0.05) is 18.8 Å². The summed E-state index contributed by atoms with van der Waals surface area (Å²) in [5.41, 5.74) is 2.78. The third-order valence-corrected chi connectivity index (χ3v) is 4.01. The Hall–Kier alpha value is -2.66. The maximum absolute atomic E-state index is 13.1. The molecule has 0 radical (unpaired) electrons. The zero-order valence-electron chi connectivity index (χ0n) is 13.2. The van der Waals surface area contributed by atoms with Crippen LogP contribution in [0.1, 0.15) is 12.0 Å². The van der Waals surface area contributed by atoms with Crippen LogP contribution in [-0.2, 0) is 4.79 Å². The number of halogens is 1. The Balaban J connectivity index is 1.54. The van der Waals surface area contributed by atoms with Crippen molar-refractivity contribution in [3.05, 3.63) is 66.0 Å². The molecule has 0 spiro atoms. The number of carbonyl (C=O) groups excluding carboxylic acids is 1. The number of amides is 1. The second kappa shape index (κ2) is 7.27. The molecular weight excluding hydrogens is 307 g/mol. The highest BCUT2D eigenvalue weighted by Gasteiger charge is 2.16. The lowest BCUT2D eigenvalue weighted by Gasteiger charge is -2.25. The molecule has 3 rings (SSSR count). The van der Waals surface area contributed by atoms with Crippen molar-refractivity contribution in [2.75, 3.05) is 25.0 Å². The van der Waals surface area contributed by atoms with E-state index in [4.69, 9.17) is 0 Å². The third kappa shape index (κ3) is 4.20. The van der Waals surface area contributed by atoms with Crippen LogP contribution in [0.3, 0.4) is 0 Å². The Morgan fingerprint density at radius 2 is 2.00 bits per heavy atom. The van der Waals surface area contributed by atoms with E-state index in [0.29, 0.717) is 12.2 Å². The van der Waals surface area contributed by atoms with Gasteiger partial charge in [-0.1, -0.05) is 24.3 Å². The highest BCUT2D eigenvalue weighted by molar-refractivity contribution is 5.92. The summed E-state index contributed by atoms with van der Waals surface area (Å²) in [5, 5.41) is 12.0. The van der Waals surface area contributed by atoms with E-state index in [1.54, 1.807) is 24.3 Å². The minimum absolute atomic E-state index is 0.151. The second-order valence-corrected chi connectivity index (χ2v) is 5.82. The van der Waals surface area contributed by atoms with Gasteiger partial charge in [0.05, 0.1) is 6.54 Å². The number of carbonyl (C=O) groups is 1. The van der Waals surface area contributed by atoms with E-state index >= 15 is 0 Å². The molecule has 0 saturated heterocycles. The number of rotatable bonds is 4. The number of hydrogen-bond donors (Lipinski definition) is 2. The van der Waals surface area contributed by atoms with Crippen LogP contribution in [0.25, 0.3) is 5.57 Å². The summed E-state index contributed by atoms with van der Waals surface area (Å²) in [5.74, 6) is -0.264. The van der Waals surface area contributed by atoms with Crippen molar-refractivity contribution in [3.63, 3.8) is 0 Å². The van der Waals surface area contributed by atoms with Gasteiger partial charge in [-0.05, 0) is 47.9 Å². The van der Waals surface area contributed by atoms with E-state index in [1.165, 1.54) is 17.7 Å². The molecule has 0 unspecified atom stereocenters. The molecule has 24 heavy (non-hydrogen) atoms. The number of hydrogen-bond acceptors (Lipinski definition) is 3. The van der Waals surface area contributed by atoms with E-state index < -0.39 is 0 Å². The van der Waals surface area contributed by atoms with Crippen LogP contribution in [0, 0.1) is 5.82 Å². The predicted molar refractivity (Wildman–Crippen MR) is 92.2 cm³/mol. The molecule has 0 atom stereocenters. The van der Waals surface area contributed by atoms with Crippen LogP contribution >= 0.6 is 0 Å². The summed E-state index contributed by atoms with van der Waals surface area (Å²) in [6, 6.07) is 13.0. The lowest BCUT2D eigenvalue weighted by molar-refractivity contribution is -0.117. The Bertz CT molecular complexity index is 756. The SMILES string of the molecule is O=C(CN1CC=C(c2ccc(O)cc2)CC1)Nc1cccc(F)c1. The standard InChI is InChI=1S/C19H19FN2O2/c20-16-2-1-3-17(12-16)21-19(24)13-22-10-8-15(9-11-22)14-4-6-18(23)7-5-14/h1-8,12,23H,9-11,13H2,(H,21,24). The topological polar surface area (TPSA) is 52.6 Å². The number of anilines is 1. The number of nitrogens with one attached hydrogen (secondary N) is 1. The molecule has 0 saturated carbocycles. The Kier molecular flexibility index (Phi) is 4.91. The van der Waals surface area contributed by atoms with E-state index in [0.717, 1.165) is 18.5 Å². The fourth-order valence-electron chi connectivity index (χ4n) is 2.76. The summed E-state index contributed by atoms with van der Waals surface area (Å²) in [4.78, 5) is 14.1. The van der Waals surface area contributed by atoms with Gasteiger partial charge in [0.25, 0.3) is 0 Å². The van der Waals surface area contributed by atoms with Gasteiger partial charge in [-0.2, -0.15) is 0 Å². The number of nitrogens with zero attached hydrogens (tertiary/aromatic N) is 1. The quantitative estimate of drug-likeness (QED) is 0.907. The lowest BCUT2D eigenvalue weighted by atomic mass is 9.99. The zero-order chi connectivity index (χ0) is 16.9. The first-order chi connectivity index (χ1) is 11.6. The number of phenolic OH excluding ortho intramolecular Hbond substituents is 1. The average Bonchev–Trinajstić information content (AvgIpc) is 2.56. The van der Waals surface area contributed by atoms with Crippen LogP contribution in [0.15, 0.2) is 54.6 Å². The van der Waals surface area contributed by atoms with Crippen molar-refractivity contribution in [1.82, 2.24) is 4.90 Å². The molecule has 2 aromatic rings. The second-order valence-electron chi connectivity index (χ2n) is 5.82. The molecule has 0 fully saturated rings. The summed E-state index contributed by atoms with van der Waals surface area (Å²) in [6.45, 7) is 1.74. The maximum Gasteiger partial charge on any atom is 0.238 e. The molecule has 4 nitrogen and oxygen atoms in total. The number of benzene rings is 2. The monoisotopic (exact) mass is 326 g/mol.